The third-order valence-corrected chi connectivity index (χ3v) is 7.79. The van der Waals surface area contributed by atoms with Crippen LogP contribution in [0.5, 0.6) is 0 Å². The fourth-order valence-corrected chi connectivity index (χ4v) is 5.26. The van der Waals surface area contributed by atoms with Crippen molar-refractivity contribution in [2.45, 2.75) is 194 Å². The zero-order chi connectivity index (χ0) is 24.8. The van der Waals surface area contributed by atoms with Crippen molar-refractivity contribution in [3.05, 3.63) is 0 Å². The van der Waals surface area contributed by atoms with Crippen molar-refractivity contribution in [3.8, 4) is 0 Å². The van der Waals surface area contributed by atoms with Crippen molar-refractivity contribution in [1.82, 2.24) is 4.90 Å². The van der Waals surface area contributed by atoms with Gasteiger partial charge in [0, 0.05) is 0 Å². The number of nitrogens with zero attached hydrogens (tertiary/aromatic N) is 1. The van der Waals surface area contributed by atoms with Crippen molar-refractivity contribution in [3.63, 3.8) is 0 Å². The molecule has 0 aromatic heterocycles. The van der Waals surface area contributed by atoms with Crippen LogP contribution in [0.15, 0.2) is 0 Å². The monoisotopic (exact) mass is 559 g/mol. The Morgan fingerprint density at radius 2 is 0.457 bits per heavy atom. The summed E-state index contributed by atoms with van der Waals surface area (Å²) in [5.41, 5.74) is 0. The second-order valence-corrected chi connectivity index (χ2v) is 11.5. The molecule has 2 heteroatoms. The highest BCUT2D eigenvalue weighted by atomic mass is 79.9. The van der Waals surface area contributed by atoms with Gasteiger partial charge in [-0.25, -0.2) is 0 Å². The molecule has 0 atom stereocenters. The van der Waals surface area contributed by atoms with Crippen molar-refractivity contribution >= 4 is 17.0 Å². The van der Waals surface area contributed by atoms with Gasteiger partial charge in [0.05, 0.1) is 0 Å². The lowest BCUT2D eigenvalue weighted by Crippen LogP contribution is -2.20. The van der Waals surface area contributed by atoms with E-state index in [4.69, 9.17) is 0 Å². The minimum atomic E-state index is 0. The number of hydrogen-bond donors (Lipinski definition) is 0. The van der Waals surface area contributed by atoms with E-state index in [2.05, 4.69) is 25.8 Å². The van der Waals surface area contributed by atoms with Gasteiger partial charge >= 0.3 is 0 Å². The molecule has 0 aliphatic rings. The van der Waals surface area contributed by atoms with E-state index >= 15 is 0 Å². The largest absolute Gasteiger partial charge is 0.306 e. The highest BCUT2D eigenvalue weighted by molar-refractivity contribution is 8.93. The summed E-state index contributed by atoms with van der Waals surface area (Å²) in [5.74, 6) is 0. The van der Waals surface area contributed by atoms with Crippen molar-refractivity contribution < 1.29 is 0 Å². The summed E-state index contributed by atoms with van der Waals surface area (Å²) in [7, 11) is 2.34. The van der Waals surface area contributed by atoms with E-state index in [1.807, 2.05) is 0 Å². The Morgan fingerprint density at radius 3 is 0.657 bits per heavy atom. The molecule has 0 radical (unpaired) electrons. The van der Waals surface area contributed by atoms with Crippen LogP contribution < -0.4 is 0 Å². The molecule has 214 valence electrons. The normalized spacial score (nSPS) is 11.3. The van der Waals surface area contributed by atoms with Gasteiger partial charge in [0.1, 0.15) is 0 Å². The van der Waals surface area contributed by atoms with E-state index in [9.17, 15) is 0 Å². The molecule has 0 unspecified atom stereocenters. The first kappa shape index (κ1) is 37.6. The zero-order valence-electron chi connectivity index (χ0n) is 25.1. The van der Waals surface area contributed by atoms with Crippen molar-refractivity contribution in [2.75, 3.05) is 20.1 Å². The summed E-state index contributed by atoms with van der Waals surface area (Å²) < 4.78 is 0. The first-order chi connectivity index (χ1) is 16.8. The van der Waals surface area contributed by atoms with Crippen LogP contribution in [0, 0.1) is 0 Å². The smallest absolute Gasteiger partial charge is 0.00218 e. The van der Waals surface area contributed by atoms with E-state index in [0.717, 1.165) is 0 Å². The predicted octanol–water partition coefficient (Wildman–Crippen LogP) is 12.5. The summed E-state index contributed by atoms with van der Waals surface area (Å²) in [5, 5.41) is 0. The lowest BCUT2D eigenvalue weighted by atomic mass is 10.0. The molecule has 0 aromatic carbocycles. The topological polar surface area (TPSA) is 3.24 Å². The Bertz CT molecular complexity index is 314. The maximum Gasteiger partial charge on any atom is -0.00218 e. The molecular formula is C33H70BrN. The van der Waals surface area contributed by atoms with Crippen LogP contribution in [0.4, 0.5) is 0 Å². The van der Waals surface area contributed by atoms with E-state index in [-0.39, 0.29) is 17.0 Å². The predicted molar refractivity (Wildman–Crippen MR) is 168 cm³/mol. The number of unbranched alkanes of at least 4 members (excludes halogenated alkanes) is 26. The maximum absolute atomic E-state index is 2.58. The van der Waals surface area contributed by atoms with Crippen LogP contribution in [0.2, 0.25) is 0 Å². The highest BCUT2D eigenvalue weighted by Crippen LogP contribution is 2.14. The average Bonchev–Trinajstić information content (AvgIpc) is 2.84. The van der Waals surface area contributed by atoms with Gasteiger partial charge < -0.3 is 4.90 Å². The molecule has 0 aliphatic carbocycles. The number of halogens is 1. The van der Waals surface area contributed by atoms with Gasteiger partial charge in [-0.3, -0.25) is 0 Å². The van der Waals surface area contributed by atoms with Gasteiger partial charge in [0.25, 0.3) is 0 Å². The fourth-order valence-electron chi connectivity index (χ4n) is 5.26. The molecule has 0 aliphatic heterocycles. The standard InChI is InChI=1S/C33H69N.BrH/c1-4-6-8-10-12-14-16-18-20-22-24-26-28-30-32-34(3)33-31-29-27-25-23-21-19-17-15-13-11-9-7-5-2;/h4-33H2,1-3H3;1H. The summed E-state index contributed by atoms with van der Waals surface area (Å²) in [4.78, 5) is 2.58. The average molecular weight is 561 g/mol. The van der Waals surface area contributed by atoms with Crippen LogP contribution in [0.3, 0.4) is 0 Å². The second-order valence-electron chi connectivity index (χ2n) is 11.5. The van der Waals surface area contributed by atoms with Crippen LogP contribution in [0.25, 0.3) is 0 Å². The molecule has 0 rings (SSSR count). The van der Waals surface area contributed by atoms with Crippen LogP contribution >= 0.6 is 17.0 Å². The molecule has 0 bridgehead atoms. The quantitative estimate of drug-likeness (QED) is 0.0790. The molecule has 0 heterocycles. The van der Waals surface area contributed by atoms with E-state index < -0.39 is 0 Å². The molecule has 0 amide bonds. The van der Waals surface area contributed by atoms with E-state index in [0.29, 0.717) is 0 Å². The van der Waals surface area contributed by atoms with Gasteiger partial charge in [-0.15, -0.1) is 17.0 Å². The van der Waals surface area contributed by atoms with E-state index in [1.165, 1.54) is 193 Å². The molecule has 0 aromatic rings. The Hall–Kier alpha value is 0.440. The summed E-state index contributed by atoms with van der Waals surface area (Å²) in [6.45, 7) is 7.24. The molecule has 0 spiro atoms. The van der Waals surface area contributed by atoms with Gasteiger partial charge in [-0.05, 0) is 33.0 Å². The van der Waals surface area contributed by atoms with Gasteiger partial charge in [-0.1, -0.05) is 181 Å². The first-order valence-electron chi connectivity index (χ1n) is 16.5. The molecule has 35 heavy (non-hydrogen) atoms. The zero-order valence-corrected chi connectivity index (χ0v) is 26.8. The van der Waals surface area contributed by atoms with Gasteiger partial charge in [0.2, 0.25) is 0 Å². The van der Waals surface area contributed by atoms with Crippen molar-refractivity contribution in [1.29, 1.82) is 0 Å². The lowest BCUT2D eigenvalue weighted by Gasteiger charge is -2.16. The maximum atomic E-state index is 2.58. The van der Waals surface area contributed by atoms with Crippen LogP contribution in [-0.4, -0.2) is 25.0 Å². The fraction of sp³-hybridized carbons (Fsp3) is 1.00. The highest BCUT2D eigenvalue weighted by Gasteiger charge is 2.00. The second kappa shape index (κ2) is 34.4. The Labute approximate surface area is 235 Å². The minimum Gasteiger partial charge on any atom is -0.306 e. The Kier molecular flexibility index (Phi) is 37.0. The Morgan fingerprint density at radius 1 is 0.286 bits per heavy atom. The number of hydrogen-bond acceptors (Lipinski definition) is 1. The molecule has 0 saturated heterocycles. The lowest BCUT2D eigenvalue weighted by molar-refractivity contribution is 0.314. The van der Waals surface area contributed by atoms with Crippen LogP contribution in [-0.2, 0) is 0 Å². The molecule has 0 fully saturated rings. The summed E-state index contributed by atoms with van der Waals surface area (Å²) >= 11 is 0. The first-order valence-corrected chi connectivity index (χ1v) is 16.5. The van der Waals surface area contributed by atoms with E-state index in [1.54, 1.807) is 0 Å². The van der Waals surface area contributed by atoms with Gasteiger partial charge in [-0.2, -0.15) is 0 Å². The van der Waals surface area contributed by atoms with Gasteiger partial charge in [0.15, 0.2) is 0 Å². The number of rotatable bonds is 30. The van der Waals surface area contributed by atoms with Crippen molar-refractivity contribution in [2.24, 2.45) is 0 Å². The molecule has 1 nitrogen and oxygen atoms in total. The van der Waals surface area contributed by atoms with Crippen LogP contribution in [0.1, 0.15) is 194 Å². The molecule has 0 N–H and O–H groups in total. The third kappa shape index (κ3) is 34.4. The molecular weight excluding hydrogens is 490 g/mol. The molecule has 0 saturated carbocycles. The SMILES string of the molecule is Br.CCCCCCCCCCCCCCCCN(C)CCCCCCCCCCCCCCCC. The summed E-state index contributed by atoms with van der Waals surface area (Å²) in [6.07, 6.45) is 40.8. The third-order valence-electron chi connectivity index (χ3n) is 7.79. The minimum absolute atomic E-state index is 0. The Balaban J connectivity index is 0. The summed E-state index contributed by atoms with van der Waals surface area (Å²) in [6, 6.07) is 0.